The molecule has 44 heavy (non-hydrogen) atoms. The summed E-state index contributed by atoms with van der Waals surface area (Å²) >= 11 is 7.09. The zero-order valence-electron chi connectivity index (χ0n) is 24.7. The van der Waals surface area contributed by atoms with Crippen LogP contribution in [-0.2, 0) is 18.3 Å². The van der Waals surface area contributed by atoms with E-state index >= 15 is 0 Å². The van der Waals surface area contributed by atoms with Crippen LogP contribution >= 0.6 is 11.6 Å². The van der Waals surface area contributed by atoms with Gasteiger partial charge in [-0.15, -0.1) is 0 Å². The van der Waals surface area contributed by atoms with Crippen molar-refractivity contribution < 1.29 is 14.3 Å². The SMILES string of the molecule is COc1nc(-c2cccc(-c3cccc(NC(=O)c4ccnn(C)c4=O)c3C)c2Cl)cc2c1[C@@H](NC[C@@H]1CCC(=O)N1)CC2. The molecule has 226 valence electrons. The maximum atomic E-state index is 13.0. The van der Waals surface area contributed by atoms with Gasteiger partial charge >= 0.3 is 0 Å². The molecule has 0 unspecified atom stereocenters. The van der Waals surface area contributed by atoms with Gasteiger partial charge in [0.15, 0.2) is 0 Å². The number of pyridine rings is 1. The third-order valence-corrected chi connectivity index (χ3v) is 8.85. The molecule has 11 heteroatoms. The number of halogens is 1. The molecule has 1 fully saturated rings. The molecule has 0 saturated carbocycles. The Hall–Kier alpha value is -4.54. The number of fused-ring (bicyclic) bond motifs is 1. The maximum Gasteiger partial charge on any atom is 0.279 e. The number of amides is 2. The first kappa shape index (κ1) is 29.5. The standard InChI is InChI=1S/C33H33ClN6O4/c1-18-21(6-5-9-25(18)38-31(42)24-14-15-36-40(2)33(24)43)22-7-4-8-23(30(22)34)27-16-19-10-12-26(29(19)32(39-27)44-3)35-17-20-11-13-28(41)37-20/h4-9,14-16,20,26,35H,10-13,17H2,1-3H3,(H,37,41)(H,38,42)/t20-,26-/m0/s1. The second-order valence-electron chi connectivity index (χ2n) is 11.2. The monoisotopic (exact) mass is 612 g/mol. The number of hydrogen-bond donors (Lipinski definition) is 3. The van der Waals surface area contributed by atoms with E-state index in [9.17, 15) is 14.4 Å². The molecular weight excluding hydrogens is 580 g/mol. The Kier molecular flexibility index (Phi) is 8.20. The molecular formula is C33H33ClN6O4. The normalized spacial score (nSPS) is 17.3. The molecule has 1 aliphatic carbocycles. The van der Waals surface area contributed by atoms with Gasteiger partial charge in [-0.1, -0.05) is 41.9 Å². The Bertz CT molecular complexity index is 1840. The topological polar surface area (TPSA) is 127 Å². The van der Waals surface area contributed by atoms with Gasteiger partial charge in [0.1, 0.15) is 5.56 Å². The smallest absolute Gasteiger partial charge is 0.279 e. The molecule has 10 nitrogen and oxygen atoms in total. The number of hydrogen-bond acceptors (Lipinski definition) is 7. The number of aryl methyl sites for hydroxylation is 2. The van der Waals surface area contributed by atoms with E-state index in [1.165, 1.54) is 19.3 Å². The van der Waals surface area contributed by atoms with Crippen LogP contribution in [0.25, 0.3) is 22.4 Å². The molecule has 2 aromatic carbocycles. The Labute approximate surface area is 259 Å². The average Bonchev–Trinajstić information content (AvgIpc) is 3.63. The van der Waals surface area contributed by atoms with Crippen molar-refractivity contribution in [1.82, 2.24) is 25.4 Å². The van der Waals surface area contributed by atoms with Crippen LogP contribution in [0.3, 0.4) is 0 Å². The van der Waals surface area contributed by atoms with Crippen LogP contribution in [0.2, 0.25) is 5.02 Å². The van der Waals surface area contributed by atoms with Gasteiger partial charge in [0.25, 0.3) is 11.5 Å². The number of ether oxygens (including phenoxy) is 1. The van der Waals surface area contributed by atoms with Crippen LogP contribution in [0.15, 0.2) is 59.5 Å². The van der Waals surface area contributed by atoms with E-state index in [-0.39, 0.29) is 23.6 Å². The van der Waals surface area contributed by atoms with Crippen molar-refractivity contribution in [3.05, 3.63) is 92.4 Å². The van der Waals surface area contributed by atoms with E-state index in [0.717, 1.165) is 57.3 Å². The van der Waals surface area contributed by atoms with Crippen LogP contribution < -0.4 is 26.2 Å². The Balaban J connectivity index is 1.29. The van der Waals surface area contributed by atoms with Crippen molar-refractivity contribution >= 4 is 29.1 Å². The minimum absolute atomic E-state index is 0.00621. The van der Waals surface area contributed by atoms with Crippen LogP contribution in [0.5, 0.6) is 5.88 Å². The first-order chi connectivity index (χ1) is 21.2. The average molecular weight is 613 g/mol. The number of anilines is 1. The molecule has 0 bridgehead atoms. The van der Waals surface area contributed by atoms with E-state index in [4.69, 9.17) is 21.3 Å². The summed E-state index contributed by atoms with van der Waals surface area (Å²) in [6, 6.07) is 15.1. The predicted molar refractivity (Wildman–Crippen MR) is 169 cm³/mol. The molecule has 2 amide bonds. The summed E-state index contributed by atoms with van der Waals surface area (Å²) in [4.78, 5) is 41.9. The fraction of sp³-hybridized carbons (Fsp3) is 0.303. The molecule has 3 heterocycles. The highest BCUT2D eigenvalue weighted by molar-refractivity contribution is 6.36. The number of rotatable bonds is 8. The molecule has 1 saturated heterocycles. The largest absolute Gasteiger partial charge is 0.481 e. The third-order valence-electron chi connectivity index (χ3n) is 8.45. The van der Waals surface area contributed by atoms with E-state index in [0.29, 0.717) is 35.2 Å². The molecule has 2 atom stereocenters. The number of carbonyl (C=O) groups is 2. The molecule has 2 aliphatic rings. The van der Waals surface area contributed by atoms with E-state index in [1.54, 1.807) is 13.2 Å². The zero-order valence-corrected chi connectivity index (χ0v) is 25.5. The zero-order chi connectivity index (χ0) is 31.0. The highest BCUT2D eigenvalue weighted by Crippen LogP contribution is 2.43. The van der Waals surface area contributed by atoms with Gasteiger partial charge in [0.05, 0.1) is 17.8 Å². The van der Waals surface area contributed by atoms with Crippen LogP contribution in [0.1, 0.15) is 52.4 Å². The molecule has 3 N–H and O–H groups in total. The summed E-state index contributed by atoms with van der Waals surface area (Å²) < 4.78 is 6.91. The van der Waals surface area contributed by atoms with E-state index in [1.807, 2.05) is 37.3 Å². The fourth-order valence-electron chi connectivity index (χ4n) is 6.09. The number of benzene rings is 2. The highest BCUT2D eigenvalue weighted by Gasteiger charge is 2.30. The van der Waals surface area contributed by atoms with E-state index < -0.39 is 11.5 Å². The van der Waals surface area contributed by atoms with Gasteiger partial charge in [-0.2, -0.15) is 5.10 Å². The van der Waals surface area contributed by atoms with E-state index in [2.05, 4.69) is 27.1 Å². The lowest BCUT2D eigenvalue weighted by Crippen LogP contribution is -2.36. The summed E-state index contributed by atoms with van der Waals surface area (Å²) in [6.07, 6.45) is 4.62. The summed E-state index contributed by atoms with van der Waals surface area (Å²) in [7, 11) is 3.13. The highest BCUT2D eigenvalue weighted by atomic mass is 35.5. The molecule has 1 aliphatic heterocycles. The van der Waals surface area contributed by atoms with Gasteiger partial charge < -0.3 is 20.7 Å². The molecule has 0 spiro atoms. The lowest BCUT2D eigenvalue weighted by molar-refractivity contribution is -0.119. The fourth-order valence-corrected chi connectivity index (χ4v) is 6.41. The van der Waals surface area contributed by atoms with Crippen molar-refractivity contribution in [2.45, 2.75) is 44.7 Å². The molecule has 0 radical (unpaired) electrons. The molecule has 4 aromatic rings. The van der Waals surface area contributed by atoms with Gasteiger partial charge in [-0.05, 0) is 61.1 Å². The Morgan fingerprint density at radius 3 is 2.64 bits per heavy atom. The van der Waals surface area contributed by atoms with Gasteiger partial charge in [0.2, 0.25) is 11.8 Å². The summed E-state index contributed by atoms with van der Waals surface area (Å²) in [5.41, 5.74) is 6.23. The van der Waals surface area contributed by atoms with Crippen molar-refractivity contribution in [2.75, 3.05) is 19.0 Å². The second kappa shape index (κ2) is 12.2. The number of nitrogens with zero attached hydrogens (tertiary/aromatic N) is 3. The van der Waals surface area contributed by atoms with Crippen LogP contribution in [0.4, 0.5) is 5.69 Å². The lowest BCUT2D eigenvalue weighted by Gasteiger charge is -2.20. The number of carbonyl (C=O) groups excluding carboxylic acids is 2. The van der Waals surface area contributed by atoms with Crippen LogP contribution in [-0.4, -0.2) is 46.3 Å². The van der Waals surface area contributed by atoms with Crippen molar-refractivity contribution in [3.63, 3.8) is 0 Å². The predicted octanol–water partition coefficient (Wildman–Crippen LogP) is 4.59. The Morgan fingerprint density at radius 2 is 1.86 bits per heavy atom. The summed E-state index contributed by atoms with van der Waals surface area (Å²) in [5, 5.41) is 13.9. The minimum Gasteiger partial charge on any atom is -0.481 e. The van der Waals surface area contributed by atoms with Gasteiger partial charge in [0, 0.05) is 60.7 Å². The minimum atomic E-state index is -0.511. The van der Waals surface area contributed by atoms with Gasteiger partial charge in [-0.25, -0.2) is 9.67 Å². The third kappa shape index (κ3) is 5.58. The number of aromatic nitrogens is 3. The van der Waals surface area contributed by atoms with Gasteiger partial charge in [-0.3, -0.25) is 14.4 Å². The number of methoxy groups -OCH3 is 1. The summed E-state index contributed by atoms with van der Waals surface area (Å²) in [5.74, 6) is 0.159. The second-order valence-corrected chi connectivity index (χ2v) is 11.5. The molecule has 2 aromatic heterocycles. The number of nitrogens with one attached hydrogen (secondary N) is 3. The quantitative estimate of drug-likeness (QED) is 0.266. The van der Waals surface area contributed by atoms with Crippen molar-refractivity contribution in [3.8, 4) is 28.3 Å². The summed E-state index contributed by atoms with van der Waals surface area (Å²) in [6.45, 7) is 2.60. The first-order valence-electron chi connectivity index (χ1n) is 14.6. The molecule has 6 rings (SSSR count). The van der Waals surface area contributed by atoms with Crippen LogP contribution in [0, 0.1) is 6.92 Å². The van der Waals surface area contributed by atoms with Crippen molar-refractivity contribution in [2.24, 2.45) is 7.05 Å². The lowest BCUT2D eigenvalue weighted by atomic mass is 9.96. The first-order valence-corrected chi connectivity index (χ1v) is 15.0. The Morgan fingerprint density at radius 1 is 1.09 bits per heavy atom. The maximum absolute atomic E-state index is 13.0. The van der Waals surface area contributed by atoms with Crippen molar-refractivity contribution in [1.29, 1.82) is 0 Å².